The number of aryl methyl sites for hydroxylation is 2. The van der Waals surface area contributed by atoms with Crippen LogP contribution in [0.15, 0.2) is 107 Å². The molecule has 0 amide bonds. The van der Waals surface area contributed by atoms with Crippen LogP contribution in [0, 0.1) is 13.8 Å². The molecule has 0 bridgehead atoms. The second-order valence-electron chi connectivity index (χ2n) is 15.4. The molecular formula is C52H58Cl2N2O6. The fraction of sp³-hybridized carbons (Fsp3) is 0.346. The summed E-state index contributed by atoms with van der Waals surface area (Å²) in [6.07, 6.45) is 18.1. The number of nitrogens with zero attached hydrogens (tertiary/aromatic N) is 2. The summed E-state index contributed by atoms with van der Waals surface area (Å²) in [5.74, 6) is 0.361. The maximum absolute atomic E-state index is 13.1. The largest absolute Gasteiger partial charge is 0.494 e. The molecule has 5 rings (SSSR count). The first-order valence-electron chi connectivity index (χ1n) is 21.8. The summed E-state index contributed by atoms with van der Waals surface area (Å²) >= 11 is 12.8. The smallest absolute Gasteiger partial charge is 0.343 e. The minimum Gasteiger partial charge on any atom is -0.494 e. The summed E-state index contributed by atoms with van der Waals surface area (Å²) in [5, 5.41) is 0.158. The van der Waals surface area contributed by atoms with Gasteiger partial charge in [-0.05, 0) is 116 Å². The lowest BCUT2D eigenvalue weighted by molar-refractivity contribution is 0.0733. The van der Waals surface area contributed by atoms with E-state index < -0.39 is 11.9 Å². The third-order valence-electron chi connectivity index (χ3n) is 10.3. The third-order valence-corrected chi connectivity index (χ3v) is 10.9. The highest BCUT2D eigenvalue weighted by Crippen LogP contribution is 2.37. The van der Waals surface area contributed by atoms with Crippen LogP contribution in [0.25, 0.3) is 0 Å². The summed E-state index contributed by atoms with van der Waals surface area (Å²) in [6, 6.07) is 28.1. The van der Waals surface area contributed by atoms with Crippen molar-refractivity contribution in [3.05, 3.63) is 140 Å². The number of carbonyl (C=O) groups excluding carboxylic acids is 2. The number of hydrogen-bond acceptors (Lipinski definition) is 8. The fourth-order valence-electron chi connectivity index (χ4n) is 6.55. The van der Waals surface area contributed by atoms with Gasteiger partial charge in [0.15, 0.2) is 11.5 Å². The van der Waals surface area contributed by atoms with Gasteiger partial charge in [-0.3, -0.25) is 9.98 Å². The molecule has 0 spiro atoms. The third kappa shape index (κ3) is 15.5. The van der Waals surface area contributed by atoms with Crippen molar-refractivity contribution in [1.82, 2.24) is 0 Å². The van der Waals surface area contributed by atoms with Crippen LogP contribution in [0.5, 0.6) is 23.0 Å². The SMILES string of the molecule is CCCCCCCCOc1ccc(N=Cc2ccc(C(=O)Oc3cc(OC(=O)c4ccc(C=Nc5ccc(OCCCCCCCC)cc5C)cc4)c(Cl)cc3Cl)cc2)c(C)c1. The first-order valence-corrected chi connectivity index (χ1v) is 22.6. The molecule has 10 heteroatoms. The number of aliphatic imine (C=N–C) groups is 2. The van der Waals surface area contributed by atoms with E-state index in [1.54, 1.807) is 61.0 Å². The maximum Gasteiger partial charge on any atom is 0.343 e. The van der Waals surface area contributed by atoms with Crippen LogP contribution in [0.2, 0.25) is 10.0 Å². The van der Waals surface area contributed by atoms with Crippen LogP contribution in [-0.4, -0.2) is 37.6 Å². The minimum absolute atomic E-state index is 0.0105. The number of unbranched alkanes of at least 4 members (excludes halogenated alkanes) is 10. The first-order chi connectivity index (χ1) is 30.1. The Hall–Kier alpha value is -5.44. The van der Waals surface area contributed by atoms with Crippen molar-refractivity contribution in [2.75, 3.05) is 13.2 Å². The van der Waals surface area contributed by atoms with Crippen molar-refractivity contribution in [3.8, 4) is 23.0 Å². The van der Waals surface area contributed by atoms with Gasteiger partial charge in [0.1, 0.15) is 11.5 Å². The Morgan fingerprint density at radius 3 is 1.27 bits per heavy atom. The zero-order chi connectivity index (χ0) is 44.1. The Kier molecular flexibility index (Phi) is 19.6. The Balaban J connectivity index is 1.11. The highest BCUT2D eigenvalue weighted by atomic mass is 35.5. The van der Waals surface area contributed by atoms with Gasteiger partial charge >= 0.3 is 11.9 Å². The monoisotopic (exact) mass is 876 g/mol. The van der Waals surface area contributed by atoms with Gasteiger partial charge in [-0.1, -0.05) is 126 Å². The van der Waals surface area contributed by atoms with Crippen molar-refractivity contribution in [1.29, 1.82) is 0 Å². The molecule has 326 valence electrons. The van der Waals surface area contributed by atoms with Gasteiger partial charge in [-0.25, -0.2) is 9.59 Å². The summed E-state index contributed by atoms with van der Waals surface area (Å²) in [5.41, 5.74) is 5.84. The van der Waals surface area contributed by atoms with Crippen molar-refractivity contribution >= 4 is 58.9 Å². The number of halogens is 2. The van der Waals surface area contributed by atoms with E-state index in [9.17, 15) is 9.59 Å². The highest BCUT2D eigenvalue weighted by Gasteiger charge is 2.18. The molecule has 0 fully saturated rings. The number of carbonyl (C=O) groups is 2. The molecule has 0 N–H and O–H groups in total. The molecule has 0 unspecified atom stereocenters. The summed E-state index contributed by atoms with van der Waals surface area (Å²) in [7, 11) is 0. The normalized spacial score (nSPS) is 11.3. The highest BCUT2D eigenvalue weighted by molar-refractivity contribution is 6.36. The fourth-order valence-corrected chi connectivity index (χ4v) is 7.01. The molecule has 0 heterocycles. The second kappa shape index (κ2) is 25.5. The lowest BCUT2D eigenvalue weighted by Gasteiger charge is -2.11. The van der Waals surface area contributed by atoms with Gasteiger partial charge in [0.25, 0.3) is 0 Å². The summed E-state index contributed by atoms with van der Waals surface area (Å²) in [6.45, 7) is 9.87. The molecule has 0 aliphatic carbocycles. The summed E-state index contributed by atoms with van der Waals surface area (Å²) < 4.78 is 23.1. The lowest BCUT2D eigenvalue weighted by atomic mass is 10.1. The van der Waals surface area contributed by atoms with E-state index in [4.69, 9.17) is 42.1 Å². The second-order valence-corrected chi connectivity index (χ2v) is 16.2. The van der Waals surface area contributed by atoms with Gasteiger partial charge in [-0.15, -0.1) is 0 Å². The predicted octanol–water partition coefficient (Wildman–Crippen LogP) is 15.0. The molecule has 0 aliphatic rings. The molecule has 5 aromatic rings. The van der Waals surface area contributed by atoms with Crippen molar-refractivity contribution in [2.45, 2.75) is 105 Å². The molecule has 62 heavy (non-hydrogen) atoms. The topological polar surface area (TPSA) is 95.8 Å². The number of hydrogen-bond donors (Lipinski definition) is 0. The molecule has 0 aliphatic heterocycles. The Morgan fingerprint density at radius 1 is 0.500 bits per heavy atom. The predicted molar refractivity (Wildman–Crippen MR) is 254 cm³/mol. The summed E-state index contributed by atoms with van der Waals surface area (Å²) in [4.78, 5) is 35.6. The van der Waals surface area contributed by atoms with E-state index in [0.29, 0.717) is 24.3 Å². The molecule has 0 radical (unpaired) electrons. The van der Waals surface area contributed by atoms with Crippen LogP contribution in [0.4, 0.5) is 11.4 Å². The maximum atomic E-state index is 13.1. The zero-order valence-electron chi connectivity index (χ0n) is 36.4. The van der Waals surface area contributed by atoms with E-state index in [2.05, 4.69) is 23.8 Å². The van der Waals surface area contributed by atoms with E-state index >= 15 is 0 Å². The van der Waals surface area contributed by atoms with Gasteiger partial charge in [-0.2, -0.15) is 0 Å². The molecule has 0 saturated carbocycles. The van der Waals surface area contributed by atoms with Gasteiger partial charge in [0.05, 0.1) is 45.8 Å². The molecule has 5 aromatic carbocycles. The van der Waals surface area contributed by atoms with E-state index in [1.807, 2.05) is 50.2 Å². The minimum atomic E-state index is -0.650. The number of benzene rings is 5. The van der Waals surface area contributed by atoms with Crippen LogP contribution < -0.4 is 18.9 Å². The number of ether oxygens (including phenoxy) is 4. The molecule has 0 saturated heterocycles. The lowest BCUT2D eigenvalue weighted by Crippen LogP contribution is -2.11. The molecule has 0 atom stereocenters. The average molecular weight is 878 g/mol. The molecular weight excluding hydrogens is 819 g/mol. The molecule has 0 aromatic heterocycles. The van der Waals surface area contributed by atoms with Gasteiger partial charge < -0.3 is 18.9 Å². The van der Waals surface area contributed by atoms with Crippen LogP contribution in [0.1, 0.15) is 134 Å². The molecule has 8 nitrogen and oxygen atoms in total. The Bertz CT molecular complexity index is 2120. The Morgan fingerprint density at radius 2 is 0.887 bits per heavy atom. The Labute approximate surface area is 377 Å². The van der Waals surface area contributed by atoms with E-state index in [1.165, 1.54) is 76.3 Å². The van der Waals surface area contributed by atoms with E-state index in [0.717, 1.165) is 58.0 Å². The van der Waals surface area contributed by atoms with Crippen molar-refractivity contribution in [2.24, 2.45) is 9.98 Å². The van der Waals surface area contributed by atoms with Crippen molar-refractivity contribution in [3.63, 3.8) is 0 Å². The first kappa shape index (κ1) is 47.6. The average Bonchev–Trinajstić information content (AvgIpc) is 3.27. The van der Waals surface area contributed by atoms with Crippen LogP contribution >= 0.6 is 23.2 Å². The van der Waals surface area contributed by atoms with Crippen molar-refractivity contribution < 1.29 is 28.5 Å². The van der Waals surface area contributed by atoms with Crippen LogP contribution in [0.3, 0.4) is 0 Å². The zero-order valence-corrected chi connectivity index (χ0v) is 37.9. The number of rotatable bonds is 24. The quantitative estimate of drug-likeness (QED) is 0.0265. The van der Waals surface area contributed by atoms with Crippen LogP contribution in [-0.2, 0) is 0 Å². The van der Waals surface area contributed by atoms with Gasteiger partial charge in [0.2, 0.25) is 0 Å². The standard InChI is InChI=1S/C52H58Cl2N2O6/c1-5-7-9-11-13-15-29-59-43-25-27-47(37(3)31-43)55-35-39-17-21-41(22-18-39)51(57)61-49-34-50(46(54)33-45(49)53)62-52(58)42-23-19-40(20-24-42)36-56-48-28-26-44(32-38(48)4)60-30-16-14-12-10-8-6-2/h17-28,31-36H,5-16,29-30H2,1-4H3. The van der Waals surface area contributed by atoms with Gasteiger partial charge in [0, 0.05) is 18.5 Å². The number of esters is 2. The van der Waals surface area contributed by atoms with E-state index in [-0.39, 0.29) is 21.5 Å².